The van der Waals surface area contributed by atoms with Gasteiger partial charge in [0, 0.05) is 10.7 Å². The van der Waals surface area contributed by atoms with Crippen LogP contribution in [0.15, 0.2) is 42.5 Å². The second kappa shape index (κ2) is 7.00. The summed E-state index contributed by atoms with van der Waals surface area (Å²) in [6, 6.07) is 11.7. The second-order valence-corrected chi connectivity index (χ2v) is 5.86. The maximum atomic E-state index is 12.4. The molecule has 3 aromatic rings. The highest BCUT2D eigenvalue weighted by Gasteiger charge is 2.19. The van der Waals surface area contributed by atoms with Crippen LogP contribution in [0.25, 0.3) is 5.69 Å². The van der Waals surface area contributed by atoms with Crippen LogP contribution < -0.4 is 15.8 Å². The fourth-order valence-corrected chi connectivity index (χ4v) is 2.54. The predicted octanol–water partition coefficient (Wildman–Crippen LogP) is 3.42. The molecule has 0 spiro atoms. The highest BCUT2D eigenvalue weighted by Crippen LogP contribution is 2.27. The molecule has 0 atom stereocenters. The number of methoxy groups -OCH3 is 1. The van der Waals surface area contributed by atoms with Crippen molar-refractivity contribution in [3.05, 3.63) is 58.2 Å². The fraction of sp³-hybridized carbons (Fsp3) is 0.0625. The maximum absolute atomic E-state index is 12.4. The van der Waals surface area contributed by atoms with Gasteiger partial charge < -0.3 is 15.8 Å². The van der Waals surface area contributed by atoms with Crippen molar-refractivity contribution in [1.82, 2.24) is 15.0 Å². The van der Waals surface area contributed by atoms with Gasteiger partial charge in [-0.2, -0.15) is 4.68 Å². The van der Waals surface area contributed by atoms with Crippen molar-refractivity contribution < 1.29 is 9.53 Å². The lowest BCUT2D eigenvalue weighted by atomic mass is 10.3. The molecule has 3 N–H and O–H groups in total. The monoisotopic (exact) mass is 377 g/mol. The molecule has 0 fully saturated rings. The van der Waals surface area contributed by atoms with E-state index in [9.17, 15) is 4.79 Å². The van der Waals surface area contributed by atoms with Gasteiger partial charge in [-0.15, -0.1) is 5.10 Å². The Labute approximate surface area is 153 Å². The number of nitrogens with zero attached hydrogens (tertiary/aromatic N) is 3. The molecule has 0 saturated heterocycles. The fourth-order valence-electron chi connectivity index (χ4n) is 2.16. The first-order chi connectivity index (χ1) is 12.0. The first-order valence-electron chi connectivity index (χ1n) is 7.11. The molecule has 1 heterocycles. The van der Waals surface area contributed by atoms with E-state index in [1.807, 2.05) is 0 Å². The van der Waals surface area contributed by atoms with Crippen LogP contribution in [-0.2, 0) is 0 Å². The summed E-state index contributed by atoms with van der Waals surface area (Å²) in [5, 5.41) is 11.4. The lowest BCUT2D eigenvalue weighted by Crippen LogP contribution is -2.15. The molecule has 2 aromatic carbocycles. The summed E-state index contributed by atoms with van der Waals surface area (Å²) in [5.41, 5.74) is 7.13. The number of halogens is 2. The molecule has 0 unspecified atom stereocenters. The van der Waals surface area contributed by atoms with Crippen LogP contribution in [0.5, 0.6) is 5.75 Å². The normalized spacial score (nSPS) is 10.5. The summed E-state index contributed by atoms with van der Waals surface area (Å²) in [6.07, 6.45) is 0. The number of hydrogen-bond acceptors (Lipinski definition) is 5. The van der Waals surface area contributed by atoms with Crippen molar-refractivity contribution in [3.8, 4) is 11.4 Å². The summed E-state index contributed by atoms with van der Waals surface area (Å²) in [6.45, 7) is 0. The molecule has 128 valence electrons. The lowest BCUT2D eigenvalue weighted by Gasteiger charge is -2.07. The number of aromatic nitrogens is 3. The molecule has 0 radical (unpaired) electrons. The summed E-state index contributed by atoms with van der Waals surface area (Å²) in [5.74, 6) is 0.117. The van der Waals surface area contributed by atoms with E-state index >= 15 is 0 Å². The molecule has 7 nitrogen and oxygen atoms in total. The average molecular weight is 378 g/mol. The third kappa shape index (κ3) is 3.52. The van der Waals surface area contributed by atoms with Crippen LogP contribution >= 0.6 is 23.2 Å². The van der Waals surface area contributed by atoms with Gasteiger partial charge in [0.25, 0.3) is 5.91 Å². The largest absolute Gasteiger partial charge is 0.495 e. The number of anilines is 2. The Bertz CT molecular complexity index is 925. The van der Waals surface area contributed by atoms with E-state index in [4.69, 9.17) is 33.7 Å². The Hall–Kier alpha value is -2.77. The highest BCUT2D eigenvalue weighted by molar-refractivity contribution is 6.32. The van der Waals surface area contributed by atoms with E-state index in [1.165, 1.54) is 11.8 Å². The zero-order valence-corrected chi connectivity index (χ0v) is 14.5. The van der Waals surface area contributed by atoms with Crippen LogP contribution in [0.1, 0.15) is 10.5 Å². The summed E-state index contributed by atoms with van der Waals surface area (Å²) < 4.78 is 6.42. The molecule has 25 heavy (non-hydrogen) atoms. The quantitative estimate of drug-likeness (QED) is 0.726. The van der Waals surface area contributed by atoms with E-state index < -0.39 is 5.91 Å². The summed E-state index contributed by atoms with van der Waals surface area (Å²) >= 11 is 11.9. The number of nitrogen functional groups attached to an aromatic ring is 1. The van der Waals surface area contributed by atoms with E-state index in [1.54, 1.807) is 42.5 Å². The average Bonchev–Trinajstić information content (AvgIpc) is 2.97. The SMILES string of the molecule is COc1ccc(NC(=O)c2nnn(-c3ccc(Cl)cc3)c2N)cc1Cl. The van der Waals surface area contributed by atoms with Gasteiger partial charge in [-0.05, 0) is 42.5 Å². The van der Waals surface area contributed by atoms with Crippen molar-refractivity contribution >= 4 is 40.6 Å². The smallest absolute Gasteiger partial charge is 0.280 e. The summed E-state index contributed by atoms with van der Waals surface area (Å²) in [7, 11) is 1.51. The first kappa shape index (κ1) is 17.1. The van der Waals surface area contributed by atoms with Crippen molar-refractivity contribution in [2.24, 2.45) is 0 Å². The third-order valence-electron chi connectivity index (χ3n) is 3.40. The van der Waals surface area contributed by atoms with E-state index in [2.05, 4.69) is 15.6 Å². The van der Waals surface area contributed by atoms with Gasteiger partial charge in [-0.25, -0.2) is 0 Å². The van der Waals surface area contributed by atoms with Crippen molar-refractivity contribution in [3.63, 3.8) is 0 Å². The maximum Gasteiger partial charge on any atom is 0.280 e. The number of benzene rings is 2. The number of ether oxygens (including phenoxy) is 1. The number of nitrogens with two attached hydrogens (primary N) is 1. The molecular formula is C16H13Cl2N5O2. The van der Waals surface area contributed by atoms with E-state index in [0.717, 1.165) is 0 Å². The number of carbonyl (C=O) groups excluding carboxylic acids is 1. The predicted molar refractivity (Wildman–Crippen MR) is 96.7 cm³/mol. The minimum absolute atomic E-state index is 0.00175. The van der Waals surface area contributed by atoms with E-state index in [-0.39, 0.29) is 11.5 Å². The van der Waals surface area contributed by atoms with Gasteiger partial charge >= 0.3 is 0 Å². The molecule has 0 bridgehead atoms. The molecule has 9 heteroatoms. The minimum Gasteiger partial charge on any atom is -0.495 e. The Balaban J connectivity index is 1.83. The number of amides is 1. The number of rotatable bonds is 4. The first-order valence-corrected chi connectivity index (χ1v) is 7.87. The highest BCUT2D eigenvalue weighted by atomic mass is 35.5. The molecule has 3 rings (SSSR count). The summed E-state index contributed by atoms with van der Waals surface area (Å²) in [4.78, 5) is 12.4. The number of nitrogens with one attached hydrogen (secondary N) is 1. The van der Waals surface area contributed by atoms with Crippen LogP contribution in [0, 0.1) is 0 Å². The second-order valence-electron chi connectivity index (χ2n) is 5.01. The van der Waals surface area contributed by atoms with Crippen LogP contribution in [0.4, 0.5) is 11.5 Å². The van der Waals surface area contributed by atoms with Gasteiger partial charge in [0.15, 0.2) is 11.5 Å². The van der Waals surface area contributed by atoms with Crippen LogP contribution in [0.3, 0.4) is 0 Å². The van der Waals surface area contributed by atoms with Crippen LogP contribution in [0.2, 0.25) is 10.0 Å². The minimum atomic E-state index is -0.501. The van der Waals surface area contributed by atoms with Crippen molar-refractivity contribution in [1.29, 1.82) is 0 Å². The Morgan fingerprint density at radius 2 is 1.92 bits per heavy atom. The topological polar surface area (TPSA) is 95.1 Å². The lowest BCUT2D eigenvalue weighted by molar-refractivity contribution is 0.102. The van der Waals surface area contributed by atoms with Crippen molar-refractivity contribution in [2.75, 3.05) is 18.2 Å². The van der Waals surface area contributed by atoms with Crippen LogP contribution in [-0.4, -0.2) is 28.0 Å². The van der Waals surface area contributed by atoms with Gasteiger partial charge in [-0.3, -0.25) is 4.79 Å². The van der Waals surface area contributed by atoms with Gasteiger partial charge in [0.1, 0.15) is 5.75 Å². The Morgan fingerprint density at radius 1 is 1.20 bits per heavy atom. The van der Waals surface area contributed by atoms with E-state index in [0.29, 0.717) is 27.2 Å². The zero-order valence-electron chi connectivity index (χ0n) is 13.0. The third-order valence-corrected chi connectivity index (χ3v) is 3.95. The van der Waals surface area contributed by atoms with Gasteiger partial charge in [0.2, 0.25) is 0 Å². The molecule has 1 amide bonds. The molecule has 0 aliphatic rings. The van der Waals surface area contributed by atoms with Gasteiger partial charge in [0.05, 0.1) is 17.8 Å². The van der Waals surface area contributed by atoms with Gasteiger partial charge in [-0.1, -0.05) is 28.4 Å². The molecule has 0 aliphatic heterocycles. The number of carbonyl (C=O) groups is 1. The van der Waals surface area contributed by atoms with Crippen molar-refractivity contribution in [2.45, 2.75) is 0 Å². The molecular weight excluding hydrogens is 365 g/mol. The zero-order chi connectivity index (χ0) is 18.0. The molecule has 0 aliphatic carbocycles. The standard InChI is InChI=1S/C16H13Cl2N5O2/c1-25-13-7-4-10(8-12(13)18)20-16(24)14-15(19)23(22-21-14)11-5-2-9(17)3-6-11/h2-8H,19H2,1H3,(H,20,24). The number of hydrogen-bond donors (Lipinski definition) is 2. The Kier molecular flexibility index (Phi) is 4.78. The molecule has 1 aromatic heterocycles. The molecule has 0 saturated carbocycles. The Morgan fingerprint density at radius 3 is 2.56 bits per heavy atom.